The highest BCUT2D eigenvalue weighted by atomic mass is 32.2. The molecule has 2 atom stereocenters. The first-order valence-electron chi connectivity index (χ1n) is 6.39. The van der Waals surface area contributed by atoms with Crippen LogP contribution in [0.1, 0.15) is 25.3 Å². The highest BCUT2D eigenvalue weighted by Gasteiger charge is 2.28. The van der Waals surface area contributed by atoms with Crippen molar-refractivity contribution in [2.24, 2.45) is 5.73 Å². The van der Waals surface area contributed by atoms with Gasteiger partial charge in [0.2, 0.25) is 0 Å². The zero-order valence-electron chi connectivity index (χ0n) is 11.3. The van der Waals surface area contributed by atoms with Gasteiger partial charge in [0.05, 0.1) is 6.20 Å². The number of nitrogens with two attached hydrogens (primary N) is 1. The molecule has 19 heavy (non-hydrogen) atoms. The van der Waals surface area contributed by atoms with Crippen molar-refractivity contribution >= 4 is 10.0 Å². The number of sulfonamides is 1. The molecule has 0 spiro atoms. The Labute approximate surface area is 113 Å². The van der Waals surface area contributed by atoms with E-state index in [9.17, 15) is 8.42 Å². The van der Waals surface area contributed by atoms with Gasteiger partial charge in [-0.25, -0.2) is 13.1 Å². The quantitative estimate of drug-likeness (QED) is 0.701. The van der Waals surface area contributed by atoms with Crippen LogP contribution in [0.25, 0.3) is 0 Å². The minimum absolute atomic E-state index is 0.0369. The molecule has 2 rings (SSSR count). The van der Waals surface area contributed by atoms with Crippen LogP contribution >= 0.6 is 0 Å². The summed E-state index contributed by atoms with van der Waals surface area (Å²) < 4.78 is 27.3. The number of rotatable bonds is 4. The predicted molar refractivity (Wildman–Crippen MR) is 71.9 cm³/mol. The molecule has 1 fully saturated rings. The molecular weight excluding hydrogens is 266 g/mol. The van der Waals surface area contributed by atoms with Gasteiger partial charge in [0.1, 0.15) is 0 Å². The lowest BCUT2D eigenvalue weighted by Crippen LogP contribution is -2.47. The van der Waals surface area contributed by atoms with E-state index in [1.807, 2.05) is 0 Å². The Balaban J connectivity index is 2.10. The molecule has 0 aliphatic carbocycles. The number of nitrogens with zero attached hydrogens (tertiary/aromatic N) is 2. The number of aromatic nitrogens is 2. The van der Waals surface area contributed by atoms with Crippen LogP contribution in [-0.2, 0) is 16.6 Å². The summed E-state index contributed by atoms with van der Waals surface area (Å²) in [5, 5.41) is 6.35. The zero-order valence-corrected chi connectivity index (χ0v) is 12.1. The van der Waals surface area contributed by atoms with Gasteiger partial charge in [-0.2, -0.15) is 5.10 Å². The van der Waals surface area contributed by atoms with E-state index in [1.165, 1.54) is 6.20 Å². The molecule has 1 aliphatic rings. The van der Waals surface area contributed by atoms with Crippen molar-refractivity contribution in [1.29, 1.82) is 0 Å². The van der Waals surface area contributed by atoms with Crippen molar-refractivity contribution in [3.8, 4) is 0 Å². The highest BCUT2D eigenvalue weighted by Crippen LogP contribution is 2.18. The van der Waals surface area contributed by atoms with Crippen LogP contribution in [0.3, 0.4) is 0 Å². The second kappa shape index (κ2) is 5.58. The number of H-pyrrole nitrogens is 1. The molecule has 7 nitrogen and oxygen atoms in total. The van der Waals surface area contributed by atoms with Gasteiger partial charge in [0.15, 0.2) is 5.03 Å². The summed E-state index contributed by atoms with van der Waals surface area (Å²) in [5.74, 6) is 0. The summed E-state index contributed by atoms with van der Waals surface area (Å²) in [6.45, 7) is 3.14. The molecule has 1 aromatic heterocycles. The summed E-state index contributed by atoms with van der Waals surface area (Å²) in [7, 11) is -1.51. The molecule has 0 amide bonds. The van der Waals surface area contributed by atoms with Crippen molar-refractivity contribution in [1.82, 2.24) is 19.8 Å². The van der Waals surface area contributed by atoms with E-state index in [2.05, 4.69) is 33.8 Å². The molecule has 2 unspecified atom stereocenters. The van der Waals surface area contributed by atoms with Gasteiger partial charge < -0.3 is 10.6 Å². The molecular formula is C11H21N5O2S. The Morgan fingerprint density at radius 2 is 2.37 bits per heavy atom. The van der Waals surface area contributed by atoms with E-state index in [4.69, 9.17) is 5.73 Å². The number of likely N-dealkylation sites (tertiary alicyclic amines) is 1. The number of aromatic amines is 1. The summed E-state index contributed by atoms with van der Waals surface area (Å²) in [4.78, 5) is 2.23. The fourth-order valence-electron chi connectivity index (χ4n) is 2.35. The lowest BCUT2D eigenvalue weighted by atomic mass is 10.0. The van der Waals surface area contributed by atoms with Gasteiger partial charge in [0.25, 0.3) is 10.0 Å². The van der Waals surface area contributed by atoms with Crippen molar-refractivity contribution < 1.29 is 8.42 Å². The maximum atomic E-state index is 12.3. The molecule has 2 heterocycles. The van der Waals surface area contributed by atoms with Crippen LogP contribution in [0.2, 0.25) is 0 Å². The van der Waals surface area contributed by atoms with Crippen molar-refractivity contribution in [3.63, 3.8) is 0 Å². The van der Waals surface area contributed by atoms with Crippen LogP contribution < -0.4 is 10.5 Å². The largest absolute Gasteiger partial charge is 0.326 e. The van der Waals surface area contributed by atoms with Crippen molar-refractivity contribution in [3.05, 3.63) is 11.8 Å². The predicted octanol–water partition coefficient (Wildman–Crippen LogP) is -0.371. The Morgan fingerprint density at radius 3 is 3.00 bits per heavy atom. The zero-order chi connectivity index (χ0) is 14.0. The van der Waals surface area contributed by atoms with E-state index >= 15 is 0 Å². The molecule has 0 radical (unpaired) electrons. The topological polar surface area (TPSA) is 104 Å². The summed E-state index contributed by atoms with van der Waals surface area (Å²) in [6, 6.07) is 0.335. The first-order valence-corrected chi connectivity index (χ1v) is 7.87. The smallest absolute Gasteiger partial charge is 0.258 e. The number of hydrogen-bond acceptors (Lipinski definition) is 5. The van der Waals surface area contributed by atoms with Crippen molar-refractivity contribution in [2.45, 2.75) is 43.4 Å². The minimum Gasteiger partial charge on any atom is -0.326 e. The molecule has 1 saturated heterocycles. The first-order chi connectivity index (χ1) is 8.94. The Hall–Kier alpha value is -0.960. The standard InChI is InChI=1S/C11H21N5O2S/c1-8-5-10(3-4-16(8)2)15-19(17,18)11-9(6-12)7-13-14-11/h7-8,10,15H,3-6,12H2,1-2H3,(H,13,14). The van der Waals surface area contributed by atoms with Crippen LogP contribution in [0, 0.1) is 0 Å². The molecule has 0 bridgehead atoms. The number of piperidine rings is 1. The van der Waals surface area contributed by atoms with Gasteiger partial charge in [0, 0.05) is 24.2 Å². The van der Waals surface area contributed by atoms with Gasteiger partial charge in [-0.1, -0.05) is 0 Å². The monoisotopic (exact) mass is 287 g/mol. The Bertz CT molecular complexity index is 527. The third-order valence-corrected chi connectivity index (χ3v) is 5.23. The number of hydrogen-bond donors (Lipinski definition) is 3. The molecule has 0 saturated carbocycles. The fraction of sp³-hybridized carbons (Fsp3) is 0.727. The average Bonchev–Trinajstić information content (AvgIpc) is 2.82. The lowest BCUT2D eigenvalue weighted by Gasteiger charge is -2.35. The van der Waals surface area contributed by atoms with E-state index < -0.39 is 10.0 Å². The Morgan fingerprint density at radius 1 is 1.63 bits per heavy atom. The fourth-order valence-corrected chi connectivity index (χ4v) is 3.78. The first kappa shape index (κ1) is 14.4. The maximum Gasteiger partial charge on any atom is 0.258 e. The van der Waals surface area contributed by atoms with Gasteiger partial charge >= 0.3 is 0 Å². The average molecular weight is 287 g/mol. The molecule has 8 heteroatoms. The maximum absolute atomic E-state index is 12.3. The van der Waals surface area contributed by atoms with E-state index in [0.717, 1.165) is 19.4 Å². The van der Waals surface area contributed by atoms with E-state index in [1.54, 1.807) is 0 Å². The normalized spacial score (nSPS) is 25.6. The third kappa shape index (κ3) is 3.14. The number of nitrogens with one attached hydrogen (secondary N) is 2. The SMILES string of the molecule is CC1CC(NS(=O)(=O)c2[nH]ncc2CN)CCN1C. The van der Waals surface area contributed by atoms with Crippen LogP contribution in [0.4, 0.5) is 0 Å². The van der Waals surface area contributed by atoms with Crippen LogP contribution in [0.15, 0.2) is 11.2 Å². The van der Waals surface area contributed by atoms with Crippen molar-refractivity contribution in [2.75, 3.05) is 13.6 Å². The van der Waals surface area contributed by atoms with Crippen LogP contribution in [-0.4, -0.2) is 49.2 Å². The molecule has 0 aromatic carbocycles. The van der Waals surface area contributed by atoms with E-state index in [-0.39, 0.29) is 17.6 Å². The van der Waals surface area contributed by atoms with Gasteiger partial charge in [-0.05, 0) is 33.4 Å². The molecule has 4 N–H and O–H groups in total. The summed E-state index contributed by atoms with van der Waals surface area (Å²) >= 11 is 0. The molecule has 108 valence electrons. The molecule has 1 aliphatic heterocycles. The second-order valence-electron chi connectivity index (χ2n) is 5.10. The van der Waals surface area contributed by atoms with Gasteiger partial charge in [-0.15, -0.1) is 0 Å². The Kier molecular flexibility index (Phi) is 4.24. The third-order valence-electron chi connectivity index (χ3n) is 3.70. The highest BCUT2D eigenvalue weighted by molar-refractivity contribution is 7.89. The van der Waals surface area contributed by atoms with E-state index in [0.29, 0.717) is 11.6 Å². The minimum atomic E-state index is -3.57. The lowest BCUT2D eigenvalue weighted by molar-refractivity contribution is 0.178. The summed E-state index contributed by atoms with van der Waals surface area (Å²) in [6.07, 6.45) is 3.07. The molecule has 1 aromatic rings. The second-order valence-corrected chi connectivity index (χ2v) is 6.75. The van der Waals surface area contributed by atoms with Crippen LogP contribution in [0.5, 0.6) is 0 Å². The van der Waals surface area contributed by atoms with Gasteiger partial charge in [-0.3, -0.25) is 5.10 Å². The summed E-state index contributed by atoms with van der Waals surface area (Å²) in [5.41, 5.74) is 6.01.